The standard InChI is InChI=1S/C15H29N3O2/c1-12(2)18-9-7-17(8-10-18)11-15(16-3,13-5-6-13)14(19)20-4/h12-13,16H,5-11H2,1-4H3. The van der Waals surface area contributed by atoms with E-state index in [1.807, 2.05) is 7.05 Å². The van der Waals surface area contributed by atoms with E-state index < -0.39 is 5.54 Å². The van der Waals surface area contributed by atoms with Gasteiger partial charge in [-0.3, -0.25) is 9.80 Å². The molecule has 2 aliphatic rings. The average Bonchev–Trinajstić information content (AvgIpc) is 3.29. The van der Waals surface area contributed by atoms with Gasteiger partial charge in [0.1, 0.15) is 5.54 Å². The van der Waals surface area contributed by atoms with Crippen LogP contribution in [0, 0.1) is 5.92 Å². The van der Waals surface area contributed by atoms with Gasteiger partial charge in [-0.2, -0.15) is 0 Å². The largest absolute Gasteiger partial charge is 0.468 e. The molecule has 20 heavy (non-hydrogen) atoms. The zero-order valence-corrected chi connectivity index (χ0v) is 13.3. The maximum absolute atomic E-state index is 12.3. The molecule has 0 aromatic carbocycles. The quantitative estimate of drug-likeness (QED) is 0.722. The van der Waals surface area contributed by atoms with E-state index in [9.17, 15) is 4.79 Å². The number of likely N-dealkylation sites (N-methyl/N-ethyl adjacent to an activating group) is 1. The number of esters is 1. The van der Waals surface area contributed by atoms with Crippen molar-refractivity contribution in [2.75, 3.05) is 46.9 Å². The number of carbonyl (C=O) groups excluding carboxylic acids is 1. The summed E-state index contributed by atoms with van der Waals surface area (Å²) in [6, 6.07) is 0.607. The van der Waals surface area contributed by atoms with Crippen molar-refractivity contribution in [3.63, 3.8) is 0 Å². The first-order valence-electron chi connectivity index (χ1n) is 7.77. The molecule has 2 fully saturated rings. The van der Waals surface area contributed by atoms with Crippen molar-refractivity contribution in [2.45, 2.75) is 38.3 Å². The second-order valence-corrected chi connectivity index (χ2v) is 6.39. The highest BCUT2D eigenvalue weighted by atomic mass is 16.5. The van der Waals surface area contributed by atoms with Crippen LogP contribution in [0.2, 0.25) is 0 Å². The van der Waals surface area contributed by atoms with E-state index in [0.29, 0.717) is 12.0 Å². The molecular weight excluding hydrogens is 254 g/mol. The number of piperazine rings is 1. The minimum atomic E-state index is -0.505. The van der Waals surface area contributed by atoms with Gasteiger partial charge in [0.05, 0.1) is 7.11 Å². The normalized spacial score (nSPS) is 24.6. The van der Waals surface area contributed by atoms with Crippen LogP contribution in [0.3, 0.4) is 0 Å². The third kappa shape index (κ3) is 3.15. The first-order chi connectivity index (χ1) is 9.53. The van der Waals surface area contributed by atoms with Gasteiger partial charge in [0, 0.05) is 38.8 Å². The second-order valence-electron chi connectivity index (χ2n) is 6.39. The Morgan fingerprint density at radius 1 is 1.30 bits per heavy atom. The molecule has 0 radical (unpaired) electrons. The monoisotopic (exact) mass is 283 g/mol. The second kappa shape index (κ2) is 6.41. The number of nitrogens with zero attached hydrogens (tertiary/aromatic N) is 2. The molecule has 1 saturated carbocycles. The fourth-order valence-corrected chi connectivity index (χ4v) is 3.29. The lowest BCUT2D eigenvalue weighted by Crippen LogP contribution is -2.62. The minimum Gasteiger partial charge on any atom is -0.468 e. The first kappa shape index (κ1) is 15.7. The Bertz CT molecular complexity index is 336. The fourth-order valence-electron chi connectivity index (χ4n) is 3.29. The molecule has 0 spiro atoms. The summed E-state index contributed by atoms with van der Waals surface area (Å²) >= 11 is 0. The van der Waals surface area contributed by atoms with E-state index in [1.165, 1.54) is 7.11 Å². The first-order valence-corrected chi connectivity index (χ1v) is 7.77. The van der Waals surface area contributed by atoms with E-state index in [1.54, 1.807) is 0 Å². The number of ether oxygens (including phenoxy) is 1. The van der Waals surface area contributed by atoms with Crippen molar-refractivity contribution in [1.29, 1.82) is 0 Å². The molecule has 1 heterocycles. The predicted octanol–water partition coefficient (Wildman–Crippen LogP) is 0.554. The Kier molecular flexibility index (Phi) is 5.04. The van der Waals surface area contributed by atoms with Gasteiger partial charge in [-0.1, -0.05) is 0 Å². The van der Waals surface area contributed by atoms with Gasteiger partial charge in [0.2, 0.25) is 0 Å². The Morgan fingerprint density at radius 3 is 2.30 bits per heavy atom. The van der Waals surface area contributed by atoms with Crippen LogP contribution in [0.4, 0.5) is 0 Å². The molecule has 0 amide bonds. The molecule has 5 heteroatoms. The van der Waals surface area contributed by atoms with Crippen LogP contribution >= 0.6 is 0 Å². The maximum atomic E-state index is 12.3. The van der Waals surface area contributed by atoms with Crippen LogP contribution in [0.1, 0.15) is 26.7 Å². The van der Waals surface area contributed by atoms with Crippen LogP contribution < -0.4 is 5.32 Å². The number of rotatable bonds is 6. The van der Waals surface area contributed by atoms with Crippen molar-refractivity contribution in [3.05, 3.63) is 0 Å². The molecule has 1 aliphatic heterocycles. The van der Waals surface area contributed by atoms with E-state index in [2.05, 4.69) is 29.0 Å². The molecule has 0 bridgehead atoms. The number of nitrogens with one attached hydrogen (secondary N) is 1. The highest BCUT2D eigenvalue weighted by Crippen LogP contribution is 2.41. The van der Waals surface area contributed by atoms with Crippen LogP contribution in [-0.2, 0) is 9.53 Å². The summed E-state index contributed by atoms with van der Waals surface area (Å²) in [5, 5.41) is 3.28. The molecule has 5 nitrogen and oxygen atoms in total. The Hall–Kier alpha value is -0.650. The zero-order valence-electron chi connectivity index (χ0n) is 13.3. The van der Waals surface area contributed by atoms with E-state index >= 15 is 0 Å². The van der Waals surface area contributed by atoms with Crippen molar-refractivity contribution >= 4 is 5.97 Å². The molecule has 1 N–H and O–H groups in total. The van der Waals surface area contributed by atoms with Crippen LogP contribution in [-0.4, -0.2) is 74.2 Å². The molecule has 116 valence electrons. The van der Waals surface area contributed by atoms with Gasteiger partial charge in [0.15, 0.2) is 0 Å². The van der Waals surface area contributed by atoms with Crippen molar-refractivity contribution in [3.8, 4) is 0 Å². The summed E-state index contributed by atoms with van der Waals surface area (Å²) < 4.78 is 5.07. The van der Waals surface area contributed by atoms with Crippen molar-refractivity contribution in [1.82, 2.24) is 15.1 Å². The van der Waals surface area contributed by atoms with E-state index in [-0.39, 0.29) is 5.97 Å². The molecule has 1 atom stereocenters. The average molecular weight is 283 g/mol. The number of hydrogen-bond donors (Lipinski definition) is 1. The molecule has 0 aromatic rings. The molecule has 0 aromatic heterocycles. The summed E-state index contributed by atoms with van der Waals surface area (Å²) in [6.45, 7) is 9.49. The highest BCUT2D eigenvalue weighted by Gasteiger charge is 2.51. The summed E-state index contributed by atoms with van der Waals surface area (Å²) in [5.74, 6) is 0.330. The van der Waals surface area contributed by atoms with Crippen LogP contribution in [0.5, 0.6) is 0 Å². The summed E-state index contributed by atoms with van der Waals surface area (Å²) in [7, 11) is 3.38. The summed E-state index contributed by atoms with van der Waals surface area (Å²) in [6.07, 6.45) is 2.25. The lowest BCUT2D eigenvalue weighted by Gasteiger charge is -2.41. The molecule has 2 rings (SSSR count). The Morgan fingerprint density at radius 2 is 1.90 bits per heavy atom. The summed E-state index contributed by atoms with van der Waals surface area (Å²) in [4.78, 5) is 17.2. The third-order valence-corrected chi connectivity index (χ3v) is 4.88. The molecular formula is C15H29N3O2. The van der Waals surface area contributed by atoms with Gasteiger partial charge >= 0.3 is 5.97 Å². The van der Waals surface area contributed by atoms with Gasteiger partial charge in [-0.25, -0.2) is 4.79 Å². The third-order valence-electron chi connectivity index (χ3n) is 4.88. The SMILES string of the molecule is CNC(CN1CCN(C(C)C)CC1)(C(=O)OC)C1CC1. The highest BCUT2D eigenvalue weighted by molar-refractivity contribution is 5.82. The van der Waals surface area contributed by atoms with Crippen LogP contribution in [0.25, 0.3) is 0 Å². The zero-order chi connectivity index (χ0) is 14.8. The Labute approximate surface area is 122 Å². The Balaban J connectivity index is 1.97. The van der Waals surface area contributed by atoms with Gasteiger partial charge < -0.3 is 10.1 Å². The lowest BCUT2D eigenvalue weighted by atomic mass is 9.92. The van der Waals surface area contributed by atoms with E-state index in [0.717, 1.165) is 45.6 Å². The number of methoxy groups -OCH3 is 1. The fraction of sp³-hybridized carbons (Fsp3) is 0.933. The lowest BCUT2D eigenvalue weighted by molar-refractivity contribution is -0.150. The van der Waals surface area contributed by atoms with Crippen LogP contribution in [0.15, 0.2) is 0 Å². The van der Waals surface area contributed by atoms with Gasteiger partial charge in [-0.15, -0.1) is 0 Å². The molecule has 1 aliphatic carbocycles. The predicted molar refractivity (Wildman–Crippen MR) is 79.7 cm³/mol. The minimum absolute atomic E-state index is 0.103. The van der Waals surface area contributed by atoms with Gasteiger partial charge in [0.25, 0.3) is 0 Å². The van der Waals surface area contributed by atoms with Crippen molar-refractivity contribution < 1.29 is 9.53 Å². The van der Waals surface area contributed by atoms with Crippen molar-refractivity contribution in [2.24, 2.45) is 5.92 Å². The smallest absolute Gasteiger partial charge is 0.327 e. The topological polar surface area (TPSA) is 44.8 Å². The maximum Gasteiger partial charge on any atom is 0.327 e. The van der Waals surface area contributed by atoms with Gasteiger partial charge in [-0.05, 0) is 39.7 Å². The number of hydrogen-bond acceptors (Lipinski definition) is 5. The molecule has 1 saturated heterocycles. The molecule has 1 unspecified atom stereocenters. The summed E-state index contributed by atoms with van der Waals surface area (Å²) in [5.41, 5.74) is -0.505. The van der Waals surface area contributed by atoms with E-state index in [4.69, 9.17) is 4.74 Å². The number of carbonyl (C=O) groups is 1.